The van der Waals surface area contributed by atoms with Crippen molar-refractivity contribution in [2.24, 2.45) is 7.05 Å². The number of carbonyl (C=O) groups is 2. The number of aromatic nitrogens is 3. The Morgan fingerprint density at radius 2 is 1.87 bits per heavy atom. The molecule has 3 aromatic carbocycles. The van der Waals surface area contributed by atoms with Gasteiger partial charge in [-0.05, 0) is 80.6 Å². The minimum Gasteiger partial charge on any atom is -0.496 e. The van der Waals surface area contributed by atoms with Crippen LogP contribution in [0.2, 0.25) is 0 Å². The molecule has 0 aliphatic carbocycles. The number of carbonyl (C=O) groups excluding carboxylic acids is 2. The molecule has 1 aliphatic rings. The second kappa shape index (κ2) is 13.1. The van der Waals surface area contributed by atoms with Crippen LogP contribution in [0.5, 0.6) is 11.6 Å². The predicted octanol–water partition coefficient (Wildman–Crippen LogP) is 6.67. The Bertz CT molecular complexity index is 1970. The third-order valence-electron chi connectivity index (χ3n) is 8.74. The minimum absolute atomic E-state index is 0.136. The van der Waals surface area contributed by atoms with Crippen molar-refractivity contribution in [1.29, 1.82) is 0 Å². The first-order chi connectivity index (χ1) is 22.7. The third-order valence-corrected chi connectivity index (χ3v) is 8.74. The van der Waals surface area contributed by atoms with E-state index in [2.05, 4.69) is 5.10 Å². The maximum absolute atomic E-state index is 14.5. The molecule has 1 unspecified atom stereocenters. The molecular weight excluding hydrogens is 602 g/mol. The van der Waals surface area contributed by atoms with E-state index in [4.69, 9.17) is 14.2 Å². The first kappa shape index (κ1) is 31.5. The van der Waals surface area contributed by atoms with Gasteiger partial charge >= 0.3 is 5.97 Å². The lowest BCUT2D eigenvalue weighted by Gasteiger charge is -2.26. The molecule has 0 saturated carbocycles. The van der Waals surface area contributed by atoms with Crippen LogP contribution >= 0.6 is 0 Å². The zero-order valence-corrected chi connectivity index (χ0v) is 26.6. The predicted molar refractivity (Wildman–Crippen MR) is 175 cm³/mol. The molecule has 0 N–H and O–H groups in total. The Labute approximate surface area is 271 Å². The van der Waals surface area contributed by atoms with Crippen molar-refractivity contribution in [3.8, 4) is 11.6 Å². The van der Waals surface area contributed by atoms with Crippen molar-refractivity contribution in [1.82, 2.24) is 14.3 Å². The summed E-state index contributed by atoms with van der Waals surface area (Å²) in [7, 11) is 3.32. The molecule has 47 heavy (non-hydrogen) atoms. The first-order valence-corrected chi connectivity index (χ1v) is 15.3. The standard InChI is InChI=1S/C35H35N5O7/c1-22-26(8-7-9-31(22)45-4)21-38(28-16-13-25-20-36-39(30(25)18-28)32-10-5-6-17-46-32)34(41)29-19-33(37(3)23(29)2)47-35(42)24-11-14-27(15-12-24)40(43)44/h7-9,11-16,18-20,32H,5-6,10,17,21H2,1-4H3. The van der Waals surface area contributed by atoms with Crippen LogP contribution in [0, 0.1) is 24.0 Å². The first-order valence-electron chi connectivity index (χ1n) is 15.3. The second-order valence-corrected chi connectivity index (χ2v) is 11.5. The molecule has 0 spiro atoms. The smallest absolute Gasteiger partial charge is 0.344 e. The van der Waals surface area contributed by atoms with Gasteiger partial charge < -0.3 is 23.7 Å². The SMILES string of the molecule is COc1cccc(CN(C(=O)c2cc(OC(=O)c3ccc([N+](=O)[O-])cc3)n(C)c2C)c2ccc3cnn(C4CCCCO4)c3c2)c1C. The van der Waals surface area contributed by atoms with Gasteiger partial charge in [0, 0.05) is 48.6 Å². The number of rotatable bonds is 9. The van der Waals surface area contributed by atoms with Gasteiger partial charge in [-0.25, -0.2) is 9.48 Å². The van der Waals surface area contributed by atoms with E-state index in [9.17, 15) is 19.7 Å². The van der Waals surface area contributed by atoms with Gasteiger partial charge in [-0.15, -0.1) is 0 Å². The number of amides is 1. The molecule has 2 aromatic heterocycles. The number of ether oxygens (including phenoxy) is 3. The summed E-state index contributed by atoms with van der Waals surface area (Å²) in [4.78, 5) is 39.7. The minimum atomic E-state index is -0.702. The largest absolute Gasteiger partial charge is 0.496 e. The molecular formula is C35H35N5O7. The maximum atomic E-state index is 14.5. The number of nitro benzene ring substituents is 1. The van der Waals surface area contributed by atoms with Crippen molar-refractivity contribution in [2.75, 3.05) is 18.6 Å². The summed E-state index contributed by atoms with van der Waals surface area (Å²) in [5, 5.41) is 16.6. The Kier molecular flexibility index (Phi) is 8.77. The fraction of sp³-hybridized carbons (Fsp3) is 0.286. The van der Waals surface area contributed by atoms with Crippen molar-refractivity contribution < 1.29 is 28.7 Å². The molecule has 1 amide bonds. The molecule has 1 atom stereocenters. The van der Waals surface area contributed by atoms with Crippen LogP contribution < -0.4 is 14.4 Å². The van der Waals surface area contributed by atoms with Gasteiger partial charge in [0.05, 0.1) is 41.4 Å². The van der Waals surface area contributed by atoms with E-state index in [1.807, 2.05) is 54.2 Å². The van der Waals surface area contributed by atoms with Gasteiger partial charge in [0.2, 0.25) is 5.88 Å². The Balaban J connectivity index is 1.37. The van der Waals surface area contributed by atoms with Crippen LogP contribution in [0.1, 0.15) is 63.0 Å². The second-order valence-electron chi connectivity index (χ2n) is 11.5. The lowest BCUT2D eigenvalue weighted by atomic mass is 10.1. The van der Waals surface area contributed by atoms with E-state index in [0.717, 1.165) is 41.3 Å². The molecule has 242 valence electrons. The molecule has 0 radical (unpaired) electrons. The van der Waals surface area contributed by atoms with Gasteiger partial charge in [0.1, 0.15) is 5.75 Å². The molecule has 12 nitrogen and oxygen atoms in total. The van der Waals surface area contributed by atoms with E-state index >= 15 is 0 Å². The number of benzene rings is 3. The van der Waals surface area contributed by atoms with Crippen molar-refractivity contribution in [3.05, 3.63) is 111 Å². The van der Waals surface area contributed by atoms with Crippen LogP contribution in [0.3, 0.4) is 0 Å². The number of methoxy groups -OCH3 is 1. The monoisotopic (exact) mass is 637 g/mol. The molecule has 1 aliphatic heterocycles. The van der Waals surface area contributed by atoms with Gasteiger partial charge in [-0.1, -0.05) is 12.1 Å². The maximum Gasteiger partial charge on any atom is 0.344 e. The van der Waals surface area contributed by atoms with Crippen molar-refractivity contribution >= 4 is 34.2 Å². The molecule has 1 saturated heterocycles. The normalized spacial score (nSPS) is 14.6. The van der Waals surface area contributed by atoms with Gasteiger partial charge in [-0.3, -0.25) is 14.9 Å². The van der Waals surface area contributed by atoms with E-state index < -0.39 is 10.9 Å². The fourth-order valence-corrected chi connectivity index (χ4v) is 5.85. The number of nitrogens with zero attached hydrogens (tertiary/aromatic N) is 5. The van der Waals surface area contributed by atoms with Crippen LogP contribution in [0.4, 0.5) is 11.4 Å². The van der Waals surface area contributed by atoms with Gasteiger partial charge in [0.25, 0.3) is 11.6 Å². The molecule has 6 rings (SSSR count). The summed E-state index contributed by atoms with van der Waals surface area (Å²) >= 11 is 0. The number of anilines is 1. The highest BCUT2D eigenvalue weighted by Gasteiger charge is 2.27. The Morgan fingerprint density at radius 3 is 2.57 bits per heavy atom. The van der Waals surface area contributed by atoms with Crippen molar-refractivity contribution in [2.45, 2.75) is 45.9 Å². The number of nitro groups is 1. The van der Waals surface area contributed by atoms with Gasteiger partial charge in [0.15, 0.2) is 6.23 Å². The highest BCUT2D eigenvalue weighted by molar-refractivity contribution is 6.08. The van der Waals surface area contributed by atoms with E-state index in [0.29, 0.717) is 29.3 Å². The quantitative estimate of drug-likeness (QED) is 0.0995. The molecule has 3 heterocycles. The molecule has 5 aromatic rings. The highest BCUT2D eigenvalue weighted by atomic mass is 16.6. The van der Waals surface area contributed by atoms with E-state index in [1.54, 1.807) is 36.6 Å². The Morgan fingerprint density at radius 1 is 1.09 bits per heavy atom. The average Bonchev–Trinajstić information content (AvgIpc) is 3.64. The summed E-state index contributed by atoms with van der Waals surface area (Å²) in [6, 6.07) is 18.2. The number of esters is 1. The average molecular weight is 638 g/mol. The summed E-state index contributed by atoms with van der Waals surface area (Å²) in [6.07, 6.45) is 4.56. The summed E-state index contributed by atoms with van der Waals surface area (Å²) < 4.78 is 20.8. The van der Waals surface area contributed by atoms with E-state index in [-0.39, 0.29) is 35.8 Å². The Hall–Kier alpha value is -5.49. The fourth-order valence-electron chi connectivity index (χ4n) is 5.85. The summed E-state index contributed by atoms with van der Waals surface area (Å²) in [5.74, 6) is -0.117. The zero-order valence-electron chi connectivity index (χ0n) is 26.6. The molecule has 1 fully saturated rings. The van der Waals surface area contributed by atoms with Crippen LogP contribution in [0.15, 0.2) is 72.9 Å². The van der Waals surface area contributed by atoms with Crippen LogP contribution in [0.25, 0.3) is 10.9 Å². The molecule has 0 bridgehead atoms. The zero-order chi connectivity index (χ0) is 33.2. The topological polar surface area (TPSA) is 131 Å². The number of non-ortho nitro benzene ring substituents is 1. The van der Waals surface area contributed by atoms with Crippen LogP contribution in [-0.4, -0.2) is 44.9 Å². The summed E-state index contributed by atoms with van der Waals surface area (Å²) in [5.41, 5.74) is 4.29. The number of fused-ring (bicyclic) bond motifs is 1. The number of hydrogen-bond donors (Lipinski definition) is 0. The number of hydrogen-bond acceptors (Lipinski definition) is 8. The van der Waals surface area contributed by atoms with Crippen LogP contribution in [-0.2, 0) is 18.3 Å². The van der Waals surface area contributed by atoms with Crippen molar-refractivity contribution in [3.63, 3.8) is 0 Å². The lowest BCUT2D eigenvalue weighted by Crippen LogP contribution is -2.31. The third kappa shape index (κ3) is 6.19. The lowest BCUT2D eigenvalue weighted by molar-refractivity contribution is -0.384. The van der Waals surface area contributed by atoms with E-state index in [1.165, 1.54) is 24.3 Å². The summed E-state index contributed by atoms with van der Waals surface area (Å²) in [6.45, 7) is 4.66. The van der Waals surface area contributed by atoms with Gasteiger partial charge in [-0.2, -0.15) is 5.10 Å². The highest BCUT2D eigenvalue weighted by Crippen LogP contribution is 2.33. The molecule has 12 heteroatoms.